The molecule has 1 aromatic heterocycles. The van der Waals surface area contributed by atoms with Crippen molar-refractivity contribution in [1.29, 1.82) is 5.26 Å². The maximum Gasteiger partial charge on any atom is 0.266 e. The van der Waals surface area contributed by atoms with Crippen molar-refractivity contribution in [3.63, 3.8) is 0 Å². The van der Waals surface area contributed by atoms with Crippen LogP contribution in [0.1, 0.15) is 11.1 Å². The highest BCUT2D eigenvalue weighted by atomic mass is 16.1. The lowest BCUT2D eigenvalue weighted by Crippen LogP contribution is -2.13. The summed E-state index contributed by atoms with van der Waals surface area (Å²) in [6.45, 7) is 2.39. The van der Waals surface area contributed by atoms with Gasteiger partial charge in [-0.15, -0.1) is 6.42 Å². The number of amides is 1. The average Bonchev–Trinajstić information content (AvgIpc) is 2.99. The van der Waals surface area contributed by atoms with Crippen molar-refractivity contribution in [2.75, 3.05) is 5.32 Å². The van der Waals surface area contributed by atoms with Gasteiger partial charge in [0, 0.05) is 28.4 Å². The maximum absolute atomic E-state index is 12.5. The Bertz CT molecular complexity index is 1070. The van der Waals surface area contributed by atoms with E-state index in [0.717, 1.165) is 22.0 Å². The number of hydrogen-bond donors (Lipinski definition) is 1. The third-order valence-corrected chi connectivity index (χ3v) is 4.06. The molecule has 26 heavy (non-hydrogen) atoms. The number of aryl methyl sites for hydroxylation is 1. The fourth-order valence-electron chi connectivity index (χ4n) is 2.76. The number of para-hydroxylation sites is 1. The fourth-order valence-corrected chi connectivity index (χ4v) is 2.76. The van der Waals surface area contributed by atoms with Gasteiger partial charge in [0.25, 0.3) is 5.91 Å². The molecule has 126 valence electrons. The van der Waals surface area contributed by atoms with Crippen molar-refractivity contribution >= 4 is 28.6 Å². The van der Waals surface area contributed by atoms with E-state index in [9.17, 15) is 10.1 Å². The number of carbonyl (C=O) groups is 1. The van der Waals surface area contributed by atoms with E-state index in [1.807, 2.05) is 60.2 Å². The van der Waals surface area contributed by atoms with E-state index < -0.39 is 5.91 Å². The third-order valence-electron chi connectivity index (χ3n) is 4.06. The first-order chi connectivity index (χ1) is 12.6. The van der Waals surface area contributed by atoms with E-state index in [0.29, 0.717) is 12.2 Å². The van der Waals surface area contributed by atoms with Gasteiger partial charge in [0.2, 0.25) is 0 Å². The zero-order valence-corrected chi connectivity index (χ0v) is 14.4. The second-order valence-corrected chi connectivity index (χ2v) is 5.92. The summed E-state index contributed by atoms with van der Waals surface area (Å²) in [5.41, 5.74) is 3.53. The number of fused-ring (bicyclic) bond motifs is 1. The molecule has 0 bridgehead atoms. The molecule has 0 unspecified atom stereocenters. The van der Waals surface area contributed by atoms with Gasteiger partial charge in [0.05, 0.1) is 6.54 Å². The van der Waals surface area contributed by atoms with Gasteiger partial charge in [-0.2, -0.15) is 5.26 Å². The van der Waals surface area contributed by atoms with Gasteiger partial charge in [-0.05, 0) is 31.2 Å². The minimum Gasteiger partial charge on any atom is -0.335 e. The largest absolute Gasteiger partial charge is 0.335 e. The zero-order chi connectivity index (χ0) is 18.5. The molecular weight excluding hydrogens is 322 g/mol. The topological polar surface area (TPSA) is 57.8 Å². The summed E-state index contributed by atoms with van der Waals surface area (Å²) < 4.78 is 1.92. The number of carbonyl (C=O) groups excluding carboxylic acids is 1. The van der Waals surface area contributed by atoms with Gasteiger partial charge in [-0.3, -0.25) is 4.79 Å². The van der Waals surface area contributed by atoms with Gasteiger partial charge in [0.15, 0.2) is 0 Å². The summed E-state index contributed by atoms with van der Waals surface area (Å²) in [6.07, 6.45) is 8.89. The van der Waals surface area contributed by atoms with Crippen molar-refractivity contribution in [1.82, 2.24) is 4.57 Å². The van der Waals surface area contributed by atoms with Crippen LogP contribution in [-0.4, -0.2) is 10.5 Å². The number of nitrogens with zero attached hydrogens (tertiary/aromatic N) is 2. The standard InChI is InChI=1S/C22H17N3O/c1-3-12-25-15-18(20-6-4-5-7-21(20)25)13-17(14-23)22(26)24-19-10-8-16(2)9-11-19/h1,4-11,13,15H,12H2,2H3,(H,24,26)/b17-13-. The molecule has 0 saturated carbocycles. The number of aromatic nitrogens is 1. The monoisotopic (exact) mass is 339 g/mol. The highest BCUT2D eigenvalue weighted by molar-refractivity contribution is 6.10. The van der Waals surface area contributed by atoms with E-state index >= 15 is 0 Å². The first kappa shape index (κ1) is 17.1. The Morgan fingerprint density at radius 1 is 1.23 bits per heavy atom. The molecule has 0 radical (unpaired) electrons. The number of anilines is 1. The van der Waals surface area contributed by atoms with E-state index in [2.05, 4.69) is 11.2 Å². The lowest BCUT2D eigenvalue weighted by Gasteiger charge is -2.04. The van der Waals surface area contributed by atoms with E-state index in [1.54, 1.807) is 18.2 Å². The van der Waals surface area contributed by atoms with Crippen molar-refractivity contribution in [3.05, 3.63) is 71.4 Å². The molecule has 0 aliphatic carbocycles. The van der Waals surface area contributed by atoms with Crippen LogP contribution in [0.25, 0.3) is 17.0 Å². The molecule has 4 heteroatoms. The predicted octanol–water partition coefficient (Wildman–Crippen LogP) is 4.13. The van der Waals surface area contributed by atoms with Crippen LogP contribution in [0.2, 0.25) is 0 Å². The molecule has 4 nitrogen and oxygen atoms in total. The van der Waals surface area contributed by atoms with E-state index in [4.69, 9.17) is 6.42 Å². The molecule has 0 saturated heterocycles. The van der Waals surface area contributed by atoms with E-state index in [-0.39, 0.29) is 5.57 Å². The first-order valence-corrected chi connectivity index (χ1v) is 8.13. The Labute approximate surface area is 152 Å². The molecule has 0 aliphatic heterocycles. The Hall–Kier alpha value is -3.76. The predicted molar refractivity (Wildman–Crippen MR) is 104 cm³/mol. The van der Waals surface area contributed by atoms with Gasteiger partial charge < -0.3 is 9.88 Å². The quantitative estimate of drug-likeness (QED) is 0.441. The van der Waals surface area contributed by atoms with Crippen LogP contribution in [0.3, 0.4) is 0 Å². The van der Waals surface area contributed by atoms with Crippen molar-refractivity contribution in [3.8, 4) is 18.4 Å². The minimum absolute atomic E-state index is 0.0363. The molecule has 0 fully saturated rings. The zero-order valence-electron chi connectivity index (χ0n) is 14.4. The molecule has 1 heterocycles. The smallest absolute Gasteiger partial charge is 0.266 e. The highest BCUT2D eigenvalue weighted by Gasteiger charge is 2.12. The van der Waals surface area contributed by atoms with Crippen LogP contribution in [0, 0.1) is 30.6 Å². The third kappa shape index (κ3) is 3.50. The van der Waals surface area contributed by atoms with Gasteiger partial charge >= 0.3 is 0 Å². The average molecular weight is 339 g/mol. The molecular formula is C22H17N3O. The highest BCUT2D eigenvalue weighted by Crippen LogP contribution is 2.24. The van der Waals surface area contributed by atoms with Crippen LogP contribution in [0.5, 0.6) is 0 Å². The maximum atomic E-state index is 12.5. The Morgan fingerprint density at radius 2 is 1.96 bits per heavy atom. The number of terminal acetylenes is 1. The van der Waals surface area contributed by atoms with Crippen LogP contribution >= 0.6 is 0 Å². The van der Waals surface area contributed by atoms with Crippen molar-refractivity contribution < 1.29 is 4.79 Å². The van der Waals surface area contributed by atoms with Crippen molar-refractivity contribution in [2.24, 2.45) is 0 Å². The summed E-state index contributed by atoms with van der Waals surface area (Å²) in [5, 5.41) is 13.1. The molecule has 3 rings (SSSR count). The normalized spacial score (nSPS) is 11.0. The molecule has 0 spiro atoms. The van der Waals surface area contributed by atoms with Gasteiger partial charge in [-0.1, -0.05) is 41.8 Å². The second kappa shape index (κ2) is 7.42. The minimum atomic E-state index is -0.440. The molecule has 3 aromatic rings. The lowest BCUT2D eigenvalue weighted by atomic mass is 10.1. The SMILES string of the molecule is C#CCn1cc(/C=C(/C#N)C(=O)Nc2ccc(C)cc2)c2ccccc21. The molecule has 0 aliphatic rings. The summed E-state index contributed by atoms with van der Waals surface area (Å²) in [7, 11) is 0. The van der Waals surface area contributed by atoms with Gasteiger partial charge in [-0.25, -0.2) is 0 Å². The lowest BCUT2D eigenvalue weighted by molar-refractivity contribution is -0.112. The Kier molecular flexibility index (Phi) is 4.87. The van der Waals surface area contributed by atoms with Crippen molar-refractivity contribution in [2.45, 2.75) is 13.5 Å². The fraction of sp³-hybridized carbons (Fsp3) is 0.0909. The molecule has 0 atom stereocenters. The number of rotatable bonds is 4. The van der Waals surface area contributed by atoms with Crippen LogP contribution < -0.4 is 5.32 Å². The second-order valence-electron chi connectivity index (χ2n) is 5.92. The Morgan fingerprint density at radius 3 is 2.65 bits per heavy atom. The number of hydrogen-bond acceptors (Lipinski definition) is 2. The van der Waals surface area contributed by atoms with Crippen LogP contribution in [-0.2, 0) is 11.3 Å². The summed E-state index contributed by atoms with van der Waals surface area (Å²) in [6, 6.07) is 17.2. The first-order valence-electron chi connectivity index (χ1n) is 8.13. The summed E-state index contributed by atoms with van der Waals surface area (Å²) in [4.78, 5) is 12.5. The van der Waals surface area contributed by atoms with E-state index in [1.165, 1.54) is 0 Å². The molecule has 1 N–H and O–H groups in total. The summed E-state index contributed by atoms with van der Waals surface area (Å²) in [5.74, 6) is 2.18. The molecule has 1 amide bonds. The summed E-state index contributed by atoms with van der Waals surface area (Å²) >= 11 is 0. The van der Waals surface area contributed by atoms with Crippen LogP contribution in [0.15, 0.2) is 60.3 Å². The molecule has 2 aromatic carbocycles. The number of nitriles is 1. The number of nitrogens with one attached hydrogen (secondary N) is 1. The Balaban J connectivity index is 1.95. The number of benzene rings is 2. The van der Waals surface area contributed by atoms with Crippen LogP contribution in [0.4, 0.5) is 5.69 Å². The van der Waals surface area contributed by atoms with Gasteiger partial charge in [0.1, 0.15) is 11.6 Å².